The van der Waals surface area contributed by atoms with Crippen molar-refractivity contribution < 1.29 is 9.90 Å². The van der Waals surface area contributed by atoms with Crippen LogP contribution in [0.2, 0.25) is 0 Å². The van der Waals surface area contributed by atoms with Gasteiger partial charge in [-0.25, -0.2) is 4.68 Å². The lowest BCUT2D eigenvalue weighted by molar-refractivity contribution is -0.127. The Bertz CT molecular complexity index is 546. The maximum atomic E-state index is 12.3. The van der Waals surface area contributed by atoms with Crippen molar-refractivity contribution in [3.8, 4) is 0 Å². The van der Waals surface area contributed by atoms with Gasteiger partial charge in [-0.1, -0.05) is 11.8 Å². The highest BCUT2D eigenvalue weighted by Gasteiger charge is 2.43. The van der Waals surface area contributed by atoms with E-state index < -0.39 is 0 Å². The van der Waals surface area contributed by atoms with Gasteiger partial charge in [-0.15, -0.1) is 5.10 Å². The second-order valence-corrected chi connectivity index (χ2v) is 7.24. The van der Waals surface area contributed by atoms with E-state index in [2.05, 4.69) is 15.5 Å². The molecule has 2 saturated carbocycles. The molecular weight excluding hydrogens is 290 g/mol. The number of aliphatic hydroxyl groups is 1. The number of hydrogen-bond donors (Lipinski definition) is 1. The fourth-order valence-corrected chi connectivity index (χ4v) is 4.33. The zero-order chi connectivity index (χ0) is 14.4. The van der Waals surface area contributed by atoms with Crippen molar-refractivity contribution in [1.29, 1.82) is 0 Å². The van der Waals surface area contributed by atoms with Gasteiger partial charge in [-0.2, -0.15) is 0 Å². The minimum atomic E-state index is -0.220. The van der Waals surface area contributed by atoms with Gasteiger partial charge in [-0.3, -0.25) is 4.79 Å². The Kier molecular flexibility index (Phi) is 3.37. The number of rotatable bonds is 4. The zero-order valence-electron chi connectivity index (χ0n) is 11.8. The Labute approximate surface area is 127 Å². The Hall–Kier alpha value is -1.15. The third-order valence-electron chi connectivity index (χ3n) is 4.85. The van der Waals surface area contributed by atoms with E-state index in [9.17, 15) is 9.90 Å². The largest absolute Gasteiger partial charge is 0.393 e. The maximum absolute atomic E-state index is 12.3. The number of thioether (sulfide) groups is 1. The molecule has 1 aromatic rings. The van der Waals surface area contributed by atoms with E-state index in [-0.39, 0.29) is 17.9 Å². The molecule has 3 atom stereocenters. The summed E-state index contributed by atoms with van der Waals surface area (Å²) in [6.07, 6.45) is 3.97. The summed E-state index contributed by atoms with van der Waals surface area (Å²) in [7, 11) is 0. The molecule has 8 heteroatoms. The van der Waals surface area contributed by atoms with Crippen LogP contribution in [0.3, 0.4) is 0 Å². The van der Waals surface area contributed by atoms with Crippen LogP contribution in [0.25, 0.3) is 0 Å². The minimum Gasteiger partial charge on any atom is -0.393 e. The molecule has 114 valence electrons. The second kappa shape index (κ2) is 5.24. The summed E-state index contributed by atoms with van der Waals surface area (Å²) in [5.41, 5.74) is 0. The number of amides is 1. The summed E-state index contributed by atoms with van der Waals surface area (Å²) in [5, 5.41) is 22.3. The number of carbonyl (C=O) groups excluding carboxylic acids is 1. The van der Waals surface area contributed by atoms with Crippen molar-refractivity contribution in [3.63, 3.8) is 0 Å². The number of aliphatic hydroxyl groups excluding tert-OH is 1. The highest BCUT2D eigenvalue weighted by atomic mass is 32.2. The van der Waals surface area contributed by atoms with E-state index >= 15 is 0 Å². The minimum absolute atomic E-state index is 0.131. The van der Waals surface area contributed by atoms with Crippen molar-refractivity contribution in [3.05, 3.63) is 0 Å². The molecule has 1 N–H and O–H groups in total. The molecule has 0 radical (unpaired) electrons. The van der Waals surface area contributed by atoms with E-state index in [0.29, 0.717) is 24.3 Å². The molecule has 1 aliphatic heterocycles. The predicted molar refractivity (Wildman–Crippen MR) is 75.6 cm³/mol. The normalized spacial score (nSPS) is 31.7. The highest BCUT2D eigenvalue weighted by Crippen LogP contribution is 2.39. The average Bonchev–Trinajstić information content (AvgIpc) is 2.94. The molecule has 2 aliphatic carbocycles. The molecule has 1 amide bonds. The average molecular weight is 309 g/mol. The van der Waals surface area contributed by atoms with Gasteiger partial charge >= 0.3 is 0 Å². The van der Waals surface area contributed by atoms with Crippen LogP contribution in [0, 0.1) is 11.8 Å². The Morgan fingerprint density at radius 2 is 2.14 bits per heavy atom. The molecule has 3 aliphatic rings. The quantitative estimate of drug-likeness (QED) is 0.807. The summed E-state index contributed by atoms with van der Waals surface area (Å²) in [6, 6.07) is 0.430. The predicted octanol–water partition coefficient (Wildman–Crippen LogP) is 0.329. The highest BCUT2D eigenvalue weighted by molar-refractivity contribution is 7.99. The van der Waals surface area contributed by atoms with Crippen LogP contribution in [0.15, 0.2) is 5.16 Å². The van der Waals surface area contributed by atoms with Crippen LogP contribution in [0.5, 0.6) is 0 Å². The monoisotopic (exact) mass is 309 g/mol. The van der Waals surface area contributed by atoms with Gasteiger partial charge in [0.2, 0.25) is 11.1 Å². The third-order valence-corrected chi connectivity index (χ3v) is 5.77. The Morgan fingerprint density at radius 1 is 1.29 bits per heavy atom. The molecule has 1 aromatic heterocycles. The van der Waals surface area contributed by atoms with Gasteiger partial charge in [0.05, 0.1) is 17.9 Å². The topological polar surface area (TPSA) is 84.1 Å². The molecule has 0 bridgehead atoms. The first-order chi connectivity index (χ1) is 10.2. The van der Waals surface area contributed by atoms with Crippen molar-refractivity contribution in [1.82, 2.24) is 25.1 Å². The number of carbonyl (C=O) groups is 1. The van der Waals surface area contributed by atoms with E-state index in [4.69, 9.17) is 0 Å². The number of tetrazole rings is 1. The first-order valence-corrected chi connectivity index (χ1v) is 8.57. The summed E-state index contributed by atoms with van der Waals surface area (Å²) in [6.45, 7) is 1.51. The summed E-state index contributed by atoms with van der Waals surface area (Å²) < 4.78 is 1.83. The summed E-state index contributed by atoms with van der Waals surface area (Å²) in [5.74, 6) is 1.29. The lowest BCUT2D eigenvalue weighted by atomic mass is 10.00. The number of aromatic nitrogens is 4. The molecule has 3 fully saturated rings. The maximum Gasteiger partial charge on any atom is 0.233 e. The van der Waals surface area contributed by atoms with Crippen LogP contribution in [0.1, 0.15) is 31.7 Å². The van der Waals surface area contributed by atoms with Gasteiger partial charge in [-0.05, 0) is 42.0 Å². The fourth-order valence-electron chi connectivity index (χ4n) is 3.49. The van der Waals surface area contributed by atoms with E-state index in [0.717, 1.165) is 37.4 Å². The molecule has 0 aromatic carbocycles. The van der Waals surface area contributed by atoms with Gasteiger partial charge in [0, 0.05) is 19.0 Å². The van der Waals surface area contributed by atoms with Crippen molar-refractivity contribution in [2.24, 2.45) is 11.8 Å². The molecule has 21 heavy (non-hydrogen) atoms. The molecular formula is C13H19N5O2S. The van der Waals surface area contributed by atoms with Crippen LogP contribution >= 0.6 is 11.8 Å². The number of likely N-dealkylation sites (tertiary alicyclic amines) is 1. The van der Waals surface area contributed by atoms with Gasteiger partial charge in [0.25, 0.3) is 0 Å². The van der Waals surface area contributed by atoms with Crippen molar-refractivity contribution >= 4 is 17.7 Å². The first-order valence-electron chi connectivity index (χ1n) is 7.59. The van der Waals surface area contributed by atoms with E-state index in [1.165, 1.54) is 11.8 Å². The lowest BCUT2D eigenvalue weighted by Gasteiger charge is -2.18. The van der Waals surface area contributed by atoms with Gasteiger partial charge in [0.15, 0.2) is 0 Å². The lowest BCUT2D eigenvalue weighted by Crippen LogP contribution is -2.32. The fraction of sp³-hybridized carbons (Fsp3) is 0.846. The standard InChI is InChI=1S/C13H19N5O2S/c19-11-4-1-8-5-17(6-10(8)11)12(20)7-21-13-14-15-16-18(13)9-2-3-9/h8-11,19H,1-7H2. The Morgan fingerprint density at radius 3 is 2.90 bits per heavy atom. The molecule has 4 rings (SSSR count). The van der Waals surface area contributed by atoms with Crippen molar-refractivity contribution in [2.45, 2.75) is 43.0 Å². The third kappa shape index (κ3) is 2.55. The second-order valence-electron chi connectivity index (χ2n) is 6.29. The molecule has 7 nitrogen and oxygen atoms in total. The smallest absolute Gasteiger partial charge is 0.233 e. The number of nitrogens with zero attached hydrogens (tertiary/aromatic N) is 5. The van der Waals surface area contributed by atoms with Crippen LogP contribution < -0.4 is 0 Å². The molecule has 1 saturated heterocycles. The van der Waals surface area contributed by atoms with Crippen molar-refractivity contribution in [2.75, 3.05) is 18.8 Å². The number of hydrogen-bond acceptors (Lipinski definition) is 6. The summed E-state index contributed by atoms with van der Waals surface area (Å²) in [4.78, 5) is 14.2. The van der Waals surface area contributed by atoms with Crippen LogP contribution in [-0.2, 0) is 4.79 Å². The van der Waals surface area contributed by atoms with E-state index in [1.54, 1.807) is 0 Å². The molecule has 3 unspecified atom stereocenters. The van der Waals surface area contributed by atoms with Gasteiger partial charge in [0.1, 0.15) is 0 Å². The Balaban J connectivity index is 1.33. The van der Waals surface area contributed by atoms with Gasteiger partial charge < -0.3 is 10.0 Å². The SMILES string of the molecule is O=C(CSc1nnnn1C1CC1)N1CC2CCC(O)C2C1. The summed E-state index contributed by atoms with van der Waals surface area (Å²) >= 11 is 1.42. The molecule has 0 spiro atoms. The number of fused-ring (bicyclic) bond motifs is 1. The van der Waals surface area contributed by atoms with E-state index in [1.807, 2.05) is 9.58 Å². The van der Waals surface area contributed by atoms with Crippen LogP contribution in [0.4, 0.5) is 0 Å². The van der Waals surface area contributed by atoms with Crippen LogP contribution in [-0.4, -0.2) is 61.1 Å². The first kappa shape index (κ1) is 13.5. The molecule has 2 heterocycles. The zero-order valence-corrected chi connectivity index (χ0v) is 12.6.